The summed E-state index contributed by atoms with van der Waals surface area (Å²) < 4.78 is 12.2. The minimum atomic E-state index is -1.04. The third-order valence-electron chi connectivity index (χ3n) is 5.34. The van der Waals surface area contributed by atoms with Crippen molar-refractivity contribution in [1.29, 1.82) is 0 Å². The zero-order valence-electron chi connectivity index (χ0n) is 16.3. The van der Waals surface area contributed by atoms with Gasteiger partial charge in [-0.1, -0.05) is 18.2 Å². The molecule has 0 bridgehead atoms. The molecule has 1 aromatic heterocycles. The maximum Gasteiger partial charge on any atom is 0.352 e. The van der Waals surface area contributed by atoms with E-state index in [9.17, 15) is 14.7 Å². The molecule has 4 rings (SSSR count). The molecule has 7 nitrogen and oxygen atoms in total. The molecule has 1 aliphatic rings. The minimum absolute atomic E-state index is 0.0605. The van der Waals surface area contributed by atoms with Crippen LogP contribution < -0.4 is 4.74 Å². The van der Waals surface area contributed by atoms with Crippen LogP contribution in [0.3, 0.4) is 0 Å². The van der Waals surface area contributed by atoms with E-state index in [0.717, 1.165) is 5.56 Å². The van der Waals surface area contributed by atoms with Crippen molar-refractivity contribution in [3.05, 3.63) is 65.4 Å². The number of likely N-dealkylation sites (tertiary alicyclic amines) is 1. The average Bonchev–Trinajstić information content (AvgIpc) is 3.06. The fourth-order valence-corrected chi connectivity index (χ4v) is 3.70. The van der Waals surface area contributed by atoms with Gasteiger partial charge in [0.1, 0.15) is 11.4 Å². The van der Waals surface area contributed by atoms with Crippen LogP contribution in [0.25, 0.3) is 10.9 Å². The van der Waals surface area contributed by atoms with Crippen molar-refractivity contribution in [1.82, 2.24) is 9.47 Å². The van der Waals surface area contributed by atoms with Crippen LogP contribution >= 0.6 is 0 Å². The summed E-state index contributed by atoms with van der Waals surface area (Å²) in [6.45, 7) is 1.44. The predicted molar refractivity (Wildman–Crippen MR) is 108 cm³/mol. The molecule has 1 amide bonds. The molecule has 7 heteroatoms. The number of amides is 1. The van der Waals surface area contributed by atoms with E-state index < -0.39 is 5.97 Å². The number of aromatic nitrogens is 1. The summed E-state index contributed by atoms with van der Waals surface area (Å²) in [5, 5.41) is 10.4. The largest absolute Gasteiger partial charge is 0.497 e. The topological polar surface area (TPSA) is 81.0 Å². The van der Waals surface area contributed by atoms with Crippen molar-refractivity contribution in [3.8, 4) is 5.75 Å². The van der Waals surface area contributed by atoms with Gasteiger partial charge in [-0.3, -0.25) is 4.79 Å². The van der Waals surface area contributed by atoms with Crippen molar-refractivity contribution in [2.24, 2.45) is 0 Å². The molecule has 1 aliphatic heterocycles. The van der Waals surface area contributed by atoms with Gasteiger partial charge in [0.25, 0.3) is 5.91 Å². The van der Waals surface area contributed by atoms with Crippen molar-refractivity contribution < 1.29 is 24.2 Å². The Morgan fingerprint density at radius 1 is 1.10 bits per heavy atom. The van der Waals surface area contributed by atoms with Gasteiger partial charge in [-0.05, 0) is 35.9 Å². The Labute approximate surface area is 168 Å². The van der Waals surface area contributed by atoms with Crippen molar-refractivity contribution in [2.45, 2.75) is 12.6 Å². The van der Waals surface area contributed by atoms with Gasteiger partial charge in [-0.2, -0.15) is 0 Å². The molecule has 1 N–H and O–H groups in total. The quantitative estimate of drug-likeness (QED) is 0.695. The molecule has 150 valence electrons. The second kappa shape index (κ2) is 7.60. The summed E-state index contributed by atoms with van der Waals surface area (Å²) in [4.78, 5) is 26.6. The summed E-state index contributed by atoms with van der Waals surface area (Å²) in [5.41, 5.74) is 2.26. The Kier molecular flexibility index (Phi) is 4.98. The Bertz CT molecular complexity index is 1080. The molecule has 0 unspecified atom stereocenters. The maximum absolute atomic E-state index is 12.9. The molecule has 3 aromatic rings. The van der Waals surface area contributed by atoms with E-state index in [-0.39, 0.29) is 17.7 Å². The molecule has 2 aromatic carbocycles. The van der Waals surface area contributed by atoms with Crippen LogP contribution in [0.1, 0.15) is 26.4 Å². The number of hydrogen-bond acceptors (Lipinski definition) is 4. The Morgan fingerprint density at radius 2 is 1.86 bits per heavy atom. The first-order valence-corrected chi connectivity index (χ1v) is 9.32. The van der Waals surface area contributed by atoms with Gasteiger partial charge >= 0.3 is 5.97 Å². The Balaban J connectivity index is 1.75. The lowest BCUT2D eigenvalue weighted by atomic mass is 10.1. The van der Waals surface area contributed by atoms with Crippen LogP contribution in [0.5, 0.6) is 5.75 Å². The van der Waals surface area contributed by atoms with Crippen LogP contribution in [0.2, 0.25) is 0 Å². The summed E-state index contributed by atoms with van der Waals surface area (Å²) in [6, 6.07) is 14.4. The highest BCUT2D eigenvalue weighted by Gasteiger charge is 2.32. The first-order valence-electron chi connectivity index (χ1n) is 9.32. The standard InChI is InChI=1S/C22H22N2O5/c1-28-15-6-3-5-14(9-15)11-24-19-8-4-7-17(18(19)10-20(24)22(26)27)21(25)23-12-16(13-23)29-2/h3-10,16H,11-13H2,1-2H3,(H,26,27). The van der Waals surface area contributed by atoms with E-state index in [4.69, 9.17) is 9.47 Å². The lowest BCUT2D eigenvalue weighted by molar-refractivity contribution is -0.0191. The fraction of sp³-hybridized carbons (Fsp3) is 0.273. The first kappa shape index (κ1) is 19.0. The smallest absolute Gasteiger partial charge is 0.352 e. The molecule has 0 saturated carbocycles. The van der Waals surface area contributed by atoms with Gasteiger partial charge in [0.2, 0.25) is 0 Å². The van der Waals surface area contributed by atoms with Gasteiger partial charge in [0.15, 0.2) is 0 Å². The van der Waals surface area contributed by atoms with Gasteiger partial charge in [0, 0.05) is 43.2 Å². The van der Waals surface area contributed by atoms with Crippen molar-refractivity contribution in [2.75, 3.05) is 27.3 Å². The van der Waals surface area contributed by atoms with Gasteiger partial charge < -0.3 is 24.0 Å². The number of nitrogens with zero attached hydrogens (tertiary/aromatic N) is 2. The third-order valence-corrected chi connectivity index (χ3v) is 5.34. The Hall–Kier alpha value is -3.32. The van der Waals surface area contributed by atoms with Crippen LogP contribution in [0.15, 0.2) is 48.5 Å². The highest BCUT2D eigenvalue weighted by Crippen LogP contribution is 2.28. The van der Waals surface area contributed by atoms with Gasteiger partial charge in [-0.15, -0.1) is 0 Å². The number of carboxylic acid groups (broad SMARTS) is 1. The number of rotatable bonds is 6. The molecular formula is C22H22N2O5. The summed E-state index contributed by atoms with van der Waals surface area (Å²) in [5.74, 6) is -0.442. The highest BCUT2D eigenvalue weighted by molar-refractivity contribution is 6.09. The first-order chi connectivity index (χ1) is 14.0. The van der Waals surface area contributed by atoms with Crippen molar-refractivity contribution in [3.63, 3.8) is 0 Å². The van der Waals surface area contributed by atoms with Gasteiger partial charge in [-0.25, -0.2) is 4.79 Å². The number of hydrogen-bond donors (Lipinski definition) is 1. The number of carbonyl (C=O) groups excluding carboxylic acids is 1. The minimum Gasteiger partial charge on any atom is -0.497 e. The zero-order valence-corrected chi connectivity index (χ0v) is 16.3. The number of benzene rings is 2. The van der Waals surface area contributed by atoms with Crippen LogP contribution in [-0.4, -0.2) is 59.9 Å². The van der Waals surface area contributed by atoms with Crippen LogP contribution in [0, 0.1) is 0 Å². The molecule has 0 radical (unpaired) electrons. The average molecular weight is 394 g/mol. The number of methoxy groups -OCH3 is 2. The van der Waals surface area contributed by atoms with Crippen molar-refractivity contribution >= 4 is 22.8 Å². The molecule has 0 atom stereocenters. The number of aromatic carboxylic acids is 1. The van der Waals surface area contributed by atoms with E-state index >= 15 is 0 Å². The molecule has 2 heterocycles. The van der Waals surface area contributed by atoms with Crippen LogP contribution in [-0.2, 0) is 11.3 Å². The molecule has 1 saturated heterocycles. The second-order valence-corrected chi connectivity index (χ2v) is 7.08. The number of carboxylic acids is 1. The predicted octanol–water partition coefficient (Wildman–Crippen LogP) is 2.87. The lowest BCUT2D eigenvalue weighted by Crippen LogP contribution is -2.54. The summed E-state index contributed by atoms with van der Waals surface area (Å²) in [7, 11) is 3.22. The van der Waals surface area contributed by atoms with Gasteiger partial charge in [0.05, 0.1) is 13.2 Å². The van der Waals surface area contributed by atoms with Crippen LogP contribution in [0.4, 0.5) is 0 Å². The SMILES string of the molecule is COc1cccc(Cn2c(C(=O)O)cc3c(C(=O)N4CC(OC)C4)cccc32)c1. The second-order valence-electron chi connectivity index (χ2n) is 7.08. The monoisotopic (exact) mass is 394 g/mol. The van der Waals surface area contributed by atoms with E-state index in [1.807, 2.05) is 30.3 Å². The van der Waals surface area contributed by atoms with E-state index in [1.165, 1.54) is 0 Å². The highest BCUT2D eigenvalue weighted by atomic mass is 16.5. The third kappa shape index (κ3) is 3.45. The number of carbonyl (C=O) groups is 2. The summed E-state index contributed by atoms with van der Waals surface area (Å²) >= 11 is 0. The van der Waals surface area contributed by atoms with E-state index in [0.29, 0.717) is 41.9 Å². The Morgan fingerprint density at radius 3 is 2.55 bits per heavy atom. The fourth-order valence-electron chi connectivity index (χ4n) is 3.70. The zero-order chi connectivity index (χ0) is 20.5. The lowest BCUT2D eigenvalue weighted by Gasteiger charge is -2.38. The number of fused-ring (bicyclic) bond motifs is 1. The molecular weight excluding hydrogens is 372 g/mol. The normalized spacial score (nSPS) is 14.1. The molecule has 1 fully saturated rings. The van der Waals surface area contributed by atoms with E-state index in [2.05, 4.69) is 0 Å². The molecule has 0 spiro atoms. The maximum atomic E-state index is 12.9. The summed E-state index contributed by atoms with van der Waals surface area (Å²) in [6.07, 6.45) is 0.0605. The molecule has 29 heavy (non-hydrogen) atoms. The molecule has 0 aliphatic carbocycles. The number of ether oxygens (including phenoxy) is 2. The van der Waals surface area contributed by atoms with E-state index in [1.54, 1.807) is 41.9 Å².